The van der Waals surface area contributed by atoms with Crippen LogP contribution in [0.5, 0.6) is 0 Å². The van der Waals surface area contributed by atoms with Crippen LogP contribution in [0.1, 0.15) is 38.8 Å². The zero-order valence-electron chi connectivity index (χ0n) is 16.2. The lowest BCUT2D eigenvalue weighted by Crippen LogP contribution is -2.30. The van der Waals surface area contributed by atoms with Crippen molar-refractivity contribution in [3.05, 3.63) is 25.0 Å². The van der Waals surface area contributed by atoms with Gasteiger partial charge in [0.05, 0.1) is 18.7 Å². The molecule has 4 atom stereocenters. The van der Waals surface area contributed by atoms with Crippen molar-refractivity contribution in [1.29, 1.82) is 0 Å². The Kier molecular flexibility index (Phi) is 5.67. The molecule has 3 N–H and O–H groups in total. The summed E-state index contributed by atoms with van der Waals surface area (Å²) < 4.78 is 12.9. The minimum absolute atomic E-state index is 0.255. The van der Waals surface area contributed by atoms with Crippen LogP contribution in [0.2, 0.25) is 0 Å². The molecular weight excluding hydrogens is 374 g/mol. The predicted molar refractivity (Wildman–Crippen MR) is 106 cm³/mol. The summed E-state index contributed by atoms with van der Waals surface area (Å²) in [6, 6.07) is 0.268. The molecule has 9 heteroatoms. The molecule has 9 nitrogen and oxygen atoms in total. The molecule has 0 bridgehead atoms. The van der Waals surface area contributed by atoms with Gasteiger partial charge in [0.2, 0.25) is 0 Å². The number of nitrogens with zero attached hydrogens (tertiary/aromatic N) is 4. The number of anilines is 1. The summed E-state index contributed by atoms with van der Waals surface area (Å²) in [7, 11) is 0. The average Bonchev–Trinajstić information content (AvgIpc) is 3.29. The number of aromatic nitrogens is 4. The second kappa shape index (κ2) is 8.37. The first kappa shape index (κ1) is 19.6. The lowest BCUT2D eigenvalue weighted by molar-refractivity contribution is -0.0230. The fourth-order valence-corrected chi connectivity index (χ4v) is 3.90. The van der Waals surface area contributed by atoms with Crippen molar-refractivity contribution in [2.45, 2.75) is 69.3 Å². The van der Waals surface area contributed by atoms with Crippen LogP contribution in [0.15, 0.2) is 25.0 Å². The first-order valence-corrected chi connectivity index (χ1v) is 9.80. The molecule has 0 aromatic carbocycles. The highest BCUT2D eigenvalue weighted by atomic mass is 16.6. The summed E-state index contributed by atoms with van der Waals surface area (Å²) >= 11 is 0. The topological polar surface area (TPSA) is 115 Å². The Morgan fingerprint density at radius 2 is 2.03 bits per heavy atom. The van der Waals surface area contributed by atoms with Crippen LogP contribution in [0.25, 0.3) is 11.2 Å². The second-order valence-corrected chi connectivity index (χ2v) is 7.36. The van der Waals surface area contributed by atoms with Gasteiger partial charge in [0.1, 0.15) is 24.6 Å². The number of aliphatic hydroxyl groups is 2. The zero-order valence-corrected chi connectivity index (χ0v) is 16.2. The van der Waals surface area contributed by atoms with E-state index in [1.54, 1.807) is 10.8 Å². The van der Waals surface area contributed by atoms with E-state index in [1.807, 2.05) is 13.0 Å². The maximum absolute atomic E-state index is 10.3. The normalized spacial score (nSPS) is 32.5. The van der Waals surface area contributed by atoms with Crippen molar-refractivity contribution in [2.24, 2.45) is 0 Å². The first-order chi connectivity index (χ1) is 14.1. The molecule has 0 amide bonds. The molecule has 29 heavy (non-hydrogen) atoms. The maximum Gasteiger partial charge on any atom is 0.167 e. The highest BCUT2D eigenvalue weighted by Crippen LogP contribution is 2.32. The van der Waals surface area contributed by atoms with Crippen LogP contribution in [-0.2, 0) is 9.47 Å². The Labute approximate surface area is 168 Å². The van der Waals surface area contributed by atoms with Gasteiger partial charge in [-0.05, 0) is 32.6 Å². The monoisotopic (exact) mass is 399 g/mol. The second-order valence-electron chi connectivity index (χ2n) is 7.36. The molecule has 0 radical (unpaired) electrons. The van der Waals surface area contributed by atoms with Crippen molar-refractivity contribution in [3.63, 3.8) is 0 Å². The number of fused-ring (bicyclic) bond motifs is 1. The van der Waals surface area contributed by atoms with Crippen LogP contribution < -0.4 is 5.32 Å². The van der Waals surface area contributed by atoms with Gasteiger partial charge in [-0.15, -0.1) is 6.42 Å². The number of imidazole rings is 1. The number of ether oxygens (including phenoxy) is 2. The number of hydrogen-bond acceptors (Lipinski definition) is 8. The number of hydrogen-bond donors (Lipinski definition) is 3. The molecule has 1 aliphatic heterocycles. The van der Waals surface area contributed by atoms with E-state index in [1.165, 1.54) is 12.7 Å². The van der Waals surface area contributed by atoms with Crippen molar-refractivity contribution >= 4 is 17.0 Å². The lowest BCUT2D eigenvalue weighted by atomic mass is 9.93. The fourth-order valence-electron chi connectivity index (χ4n) is 3.90. The third-order valence-corrected chi connectivity index (χ3v) is 5.46. The molecule has 2 aromatic heterocycles. The predicted octanol–water partition coefficient (Wildman–Crippen LogP) is 1.35. The van der Waals surface area contributed by atoms with E-state index >= 15 is 0 Å². The average molecular weight is 399 g/mol. The highest BCUT2D eigenvalue weighted by molar-refractivity contribution is 5.82. The maximum atomic E-state index is 10.3. The van der Waals surface area contributed by atoms with E-state index < -0.39 is 24.5 Å². The molecule has 3 heterocycles. The summed E-state index contributed by atoms with van der Waals surface area (Å²) in [6.07, 6.45) is 12.0. The largest absolute Gasteiger partial charge is 0.498 e. The van der Waals surface area contributed by atoms with E-state index in [-0.39, 0.29) is 12.1 Å². The number of allylic oxidation sites excluding steroid dienone is 1. The van der Waals surface area contributed by atoms with Crippen molar-refractivity contribution < 1.29 is 19.7 Å². The van der Waals surface area contributed by atoms with Gasteiger partial charge in [-0.1, -0.05) is 12.0 Å². The molecule has 4 rings (SSSR count). The molecule has 0 unspecified atom stereocenters. The van der Waals surface area contributed by atoms with Crippen molar-refractivity contribution in [2.75, 3.05) is 5.32 Å². The Hall–Kier alpha value is -2.67. The van der Waals surface area contributed by atoms with Crippen LogP contribution in [-0.4, -0.2) is 60.2 Å². The number of rotatable bonds is 5. The van der Waals surface area contributed by atoms with Gasteiger partial charge in [0.25, 0.3) is 0 Å². The van der Waals surface area contributed by atoms with E-state index in [0.717, 1.165) is 25.7 Å². The van der Waals surface area contributed by atoms with Gasteiger partial charge in [0.15, 0.2) is 23.2 Å². The molecule has 2 aromatic rings. The third kappa shape index (κ3) is 3.79. The van der Waals surface area contributed by atoms with Gasteiger partial charge in [-0.2, -0.15) is 0 Å². The molecule has 2 aliphatic rings. The van der Waals surface area contributed by atoms with Crippen LogP contribution in [0.4, 0.5) is 5.82 Å². The van der Waals surface area contributed by atoms with Crippen LogP contribution in [0.3, 0.4) is 0 Å². The Morgan fingerprint density at radius 1 is 1.24 bits per heavy atom. The van der Waals surface area contributed by atoms with Crippen molar-refractivity contribution in [1.82, 2.24) is 19.5 Å². The van der Waals surface area contributed by atoms with E-state index in [0.29, 0.717) is 17.0 Å². The molecular formula is C20H25N5O4. The van der Waals surface area contributed by atoms with Gasteiger partial charge >= 0.3 is 0 Å². The summed E-state index contributed by atoms with van der Waals surface area (Å²) in [4.78, 5) is 13.1. The molecule has 1 aliphatic carbocycles. The summed E-state index contributed by atoms with van der Waals surface area (Å²) in [5.41, 5.74) is 1.08. The summed E-state index contributed by atoms with van der Waals surface area (Å²) in [5, 5.41) is 23.8. The molecule has 1 saturated carbocycles. The lowest BCUT2D eigenvalue weighted by Gasteiger charge is -2.28. The number of terminal acetylenes is 1. The highest BCUT2D eigenvalue weighted by Gasteiger charge is 2.43. The quantitative estimate of drug-likeness (QED) is 0.510. The molecule has 2 fully saturated rings. The van der Waals surface area contributed by atoms with Crippen LogP contribution in [0, 0.1) is 12.3 Å². The first-order valence-electron chi connectivity index (χ1n) is 9.80. The standard InChI is InChI=1S/C20H25N5O4/c1-3-9-28-13-7-5-12(6-8-13)24-18-15-19(22-10-21-18)25(11-23-15)20-17(27)16(26)14(4-2)29-20/h2-3,9-14,16-17,20,26-27H,5-8H2,1H3,(H,21,22,24)/b9-3+/t12-,13-,14-,16-,17-,20-/m1/s1. The Bertz CT molecular complexity index is 915. The van der Waals surface area contributed by atoms with Crippen LogP contribution >= 0.6 is 0 Å². The SMILES string of the molecule is C#C[C@H]1O[C@@H](n2cnc3c(N[C@H]4CC[C@H](O/C=C/C)CC4)ncnc32)[C@H](O)[C@@H]1O. The van der Waals surface area contributed by atoms with Gasteiger partial charge in [-0.25, -0.2) is 15.0 Å². The Morgan fingerprint density at radius 3 is 2.72 bits per heavy atom. The molecule has 0 spiro atoms. The van der Waals surface area contributed by atoms with E-state index in [2.05, 4.69) is 26.2 Å². The molecule has 154 valence electrons. The minimum atomic E-state index is -1.17. The summed E-state index contributed by atoms with van der Waals surface area (Å²) in [6.45, 7) is 1.94. The summed E-state index contributed by atoms with van der Waals surface area (Å²) in [5.74, 6) is 2.97. The van der Waals surface area contributed by atoms with Crippen molar-refractivity contribution in [3.8, 4) is 12.3 Å². The number of aliphatic hydroxyl groups excluding tert-OH is 2. The van der Waals surface area contributed by atoms with E-state index in [9.17, 15) is 10.2 Å². The fraction of sp³-hybridized carbons (Fsp3) is 0.550. The third-order valence-electron chi connectivity index (χ3n) is 5.46. The van der Waals surface area contributed by atoms with Gasteiger partial charge in [-0.3, -0.25) is 4.57 Å². The Balaban J connectivity index is 1.50. The van der Waals surface area contributed by atoms with Gasteiger partial charge in [0, 0.05) is 6.04 Å². The molecule has 1 saturated heterocycles. The van der Waals surface area contributed by atoms with E-state index in [4.69, 9.17) is 15.9 Å². The van der Waals surface area contributed by atoms with Gasteiger partial charge < -0.3 is 25.0 Å². The number of nitrogens with one attached hydrogen (secondary N) is 1. The smallest absolute Gasteiger partial charge is 0.167 e. The minimum Gasteiger partial charge on any atom is -0.498 e. The zero-order chi connectivity index (χ0) is 20.4.